The summed E-state index contributed by atoms with van der Waals surface area (Å²) < 4.78 is 17.5. The van der Waals surface area contributed by atoms with Gasteiger partial charge in [-0.05, 0) is 44.8 Å². The smallest absolute Gasteiger partial charge is 0.419 e. The number of hydrogen-bond acceptors (Lipinski definition) is 9. The first-order valence-corrected chi connectivity index (χ1v) is 11.1. The number of fused-ring (bicyclic) bond motifs is 2. The normalized spacial score (nSPS) is 11.6. The highest BCUT2D eigenvalue weighted by atomic mass is 32.1. The summed E-state index contributed by atoms with van der Waals surface area (Å²) in [6.07, 6.45) is 0. The van der Waals surface area contributed by atoms with E-state index in [0.29, 0.717) is 56.7 Å². The number of aryl methyl sites for hydroxylation is 1. The zero-order chi connectivity index (χ0) is 23.7. The number of rotatable bonds is 8. The summed E-state index contributed by atoms with van der Waals surface area (Å²) in [5, 5.41) is 3.63. The van der Waals surface area contributed by atoms with Gasteiger partial charge in [-0.2, -0.15) is 4.98 Å². The average Bonchev–Trinajstić information content (AvgIpc) is 3.27. The highest BCUT2D eigenvalue weighted by Gasteiger charge is 2.22. The predicted molar refractivity (Wildman–Crippen MR) is 126 cm³/mol. The van der Waals surface area contributed by atoms with Crippen LogP contribution >= 0.6 is 11.3 Å². The third kappa shape index (κ3) is 4.47. The van der Waals surface area contributed by atoms with E-state index in [9.17, 15) is 9.59 Å². The van der Waals surface area contributed by atoms with E-state index in [0.717, 1.165) is 5.56 Å². The minimum absolute atomic E-state index is 0.241. The molecular weight excluding hydrogens is 446 g/mol. The fraction of sp³-hybridized carbons (Fsp3) is 0.364. The number of thiophene rings is 1. The number of anilines is 1. The third-order valence-corrected chi connectivity index (χ3v) is 6.36. The number of oxazole rings is 1. The Morgan fingerprint density at radius 2 is 2.06 bits per heavy atom. The van der Waals surface area contributed by atoms with Gasteiger partial charge >= 0.3 is 5.76 Å². The Bertz CT molecular complexity index is 1390. The molecule has 0 atom stereocenters. The molecule has 174 valence electrons. The summed E-state index contributed by atoms with van der Waals surface area (Å²) in [4.78, 5) is 37.4. The van der Waals surface area contributed by atoms with Gasteiger partial charge in [0.05, 0.1) is 22.9 Å². The molecule has 0 radical (unpaired) electrons. The zero-order valence-electron chi connectivity index (χ0n) is 19.1. The largest absolute Gasteiger partial charge is 0.480 e. The standard InChI is InChI=1S/C22H25N5O5S/c1-12-17-20(31-5)24-16(11-30-4)25-21(17)33-18(12)19(28)23-13-6-7-15-14(10-13)27(22(29)32-15)9-8-26(2)3/h6-7,10H,8-9,11H2,1-5H3,(H,23,28). The van der Waals surface area contributed by atoms with Crippen LogP contribution in [-0.2, 0) is 17.9 Å². The zero-order valence-corrected chi connectivity index (χ0v) is 19.9. The van der Waals surface area contributed by atoms with Crippen molar-refractivity contribution in [2.24, 2.45) is 0 Å². The molecule has 0 spiro atoms. The molecule has 4 rings (SSSR count). The monoisotopic (exact) mass is 471 g/mol. The summed E-state index contributed by atoms with van der Waals surface area (Å²) in [7, 11) is 6.97. The van der Waals surface area contributed by atoms with Gasteiger partial charge in [0.2, 0.25) is 5.88 Å². The van der Waals surface area contributed by atoms with Gasteiger partial charge in [0.15, 0.2) is 11.4 Å². The van der Waals surface area contributed by atoms with Crippen LogP contribution in [0.2, 0.25) is 0 Å². The van der Waals surface area contributed by atoms with Crippen LogP contribution in [0.3, 0.4) is 0 Å². The molecule has 4 aromatic rings. The first kappa shape index (κ1) is 22.9. The fourth-order valence-corrected chi connectivity index (χ4v) is 4.63. The minimum Gasteiger partial charge on any atom is -0.480 e. The van der Waals surface area contributed by atoms with Crippen molar-refractivity contribution in [3.8, 4) is 5.88 Å². The quantitative estimate of drug-likeness (QED) is 0.418. The third-order valence-electron chi connectivity index (χ3n) is 5.17. The highest BCUT2D eigenvalue weighted by molar-refractivity contribution is 7.20. The lowest BCUT2D eigenvalue weighted by atomic mass is 10.2. The molecule has 3 heterocycles. The van der Waals surface area contributed by atoms with E-state index in [-0.39, 0.29) is 12.5 Å². The number of methoxy groups -OCH3 is 2. The number of carbonyl (C=O) groups is 1. The molecular formula is C22H25N5O5S. The van der Waals surface area contributed by atoms with E-state index in [1.165, 1.54) is 18.4 Å². The van der Waals surface area contributed by atoms with Crippen molar-refractivity contribution in [2.45, 2.75) is 20.1 Å². The molecule has 1 aromatic carbocycles. The van der Waals surface area contributed by atoms with Crippen LogP contribution in [0.4, 0.5) is 5.69 Å². The van der Waals surface area contributed by atoms with Crippen molar-refractivity contribution in [1.29, 1.82) is 0 Å². The molecule has 10 nitrogen and oxygen atoms in total. The Balaban J connectivity index is 1.67. The van der Waals surface area contributed by atoms with E-state index < -0.39 is 5.76 Å². The number of amides is 1. The van der Waals surface area contributed by atoms with E-state index in [1.807, 2.05) is 25.9 Å². The Labute approximate surface area is 193 Å². The number of nitrogens with zero attached hydrogens (tertiary/aromatic N) is 4. The summed E-state index contributed by atoms with van der Waals surface area (Å²) in [6, 6.07) is 5.13. The summed E-state index contributed by atoms with van der Waals surface area (Å²) in [6.45, 7) is 3.24. The minimum atomic E-state index is -0.423. The number of ether oxygens (including phenoxy) is 2. The second kappa shape index (κ2) is 9.30. The van der Waals surface area contributed by atoms with Gasteiger partial charge in [0.25, 0.3) is 5.91 Å². The topological polar surface area (TPSA) is 112 Å². The predicted octanol–water partition coefficient (Wildman–Crippen LogP) is 2.88. The maximum Gasteiger partial charge on any atom is 0.419 e. The molecule has 0 bridgehead atoms. The van der Waals surface area contributed by atoms with Gasteiger partial charge in [-0.25, -0.2) is 9.78 Å². The van der Waals surface area contributed by atoms with Crippen LogP contribution in [0.5, 0.6) is 5.88 Å². The van der Waals surface area contributed by atoms with Crippen LogP contribution in [0.15, 0.2) is 27.4 Å². The van der Waals surface area contributed by atoms with Crippen molar-refractivity contribution in [1.82, 2.24) is 19.4 Å². The molecule has 3 aromatic heterocycles. The average molecular weight is 472 g/mol. The van der Waals surface area contributed by atoms with Gasteiger partial charge in [0.1, 0.15) is 11.4 Å². The number of likely N-dealkylation sites (N-methyl/N-ethyl adjacent to an activating group) is 1. The highest BCUT2D eigenvalue weighted by Crippen LogP contribution is 2.35. The lowest BCUT2D eigenvalue weighted by Gasteiger charge is -2.10. The van der Waals surface area contributed by atoms with Gasteiger partial charge in [-0.15, -0.1) is 11.3 Å². The maximum atomic E-state index is 13.1. The van der Waals surface area contributed by atoms with Crippen molar-refractivity contribution in [2.75, 3.05) is 40.2 Å². The molecule has 11 heteroatoms. The van der Waals surface area contributed by atoms with Gasteiger partial charge in [-0.1, -0.05) is 0 Å². The van der Waals surface area contributed by atoms with Gasteiger partial charge in [-0.3, -0.25) is 9.36 Å². The maximum absolute atomic E-state index is 13.1. The lowest BCUT2D eigenvalue weighted by molar-refractivity contribution is 0.103. The Morgan fingerprint density at radius 3 is 2.76 bits per heavy atom. The van der Waals surface area contributed by atoms with Gasteiger partial charge in [0, 0.05) is 25.9 Å². The molecule has 0 unspecified atom stereocenters. The molecule has 1 N–H and O–H groups in total. The second-order valence-electron chi connectivity index (χ2n) is 7.78. The number of hydrogen-bond donors (Lipinski definition) is 1. The SMILES string of the molecule is COCc1nc(OC)c2c(C)c(C(=O)Nc3ccc4oc(=O)n(CCN(C)C)c4c3)sc2n1. The Kier molecular flexibility index (Phi) is 6.45. The van der Waals surface area contributed by atoms with Crippen LogP contribution in [0.25, 0.3) is 21.3 Å². The molecule has 1 amide bonds. The Hall–Kier alpha value is -3.28. The Morgan fingerprint density at radius 1 is 1.27 bits per heavy atom. The number of nitrogens with one attached hydrogen (secondary N) is 1. The van der Waals surface area contributed by atoms with Crippen LogP contribution in [0, 0.1) is 6.92 Å². The van der Waals surface area contributed by atoms with Crippen LogP contribution in [-0.4, -0.2) is 60.2 Å². The second-order valence-corrected chi connectivity index (χ2v) is 8.78. The number of aromatic nitrogens is 3. The fourth-order valence-electron chi connectivity index (χ4n) is 3.54. The summed E-state index contributed by atoms with van der Waals surface area (Å²) in [5.41, 5.74) is 2.40. The van der Waals surface area contributed by atoms with E-state index in [4.69, 9.17) is 13.9 Å². The summed E-state index contributed by atoms with van der Waals surface area (Å²) >= 11 is 1.27. The molecule has 0 aliphatic carbocycles. The number of benzene rings is 1. The summed E-state index contributed by atoms with van der Waals surface area (Å²) in [5.74, 6) is 0.185. The van der Waals surface area contributed by atoms with Crippen molar-refractivity contribution >= 4 is 44.2 Å². The molecule has 0 aliphatic rings. The first-order valence-electron chi connectivity index (χ1n) is 10.2. The molecule has 0 fully saturated rings. The van der Waals surface area contributed by atoms with E-state index >= 15 is 0 Å². The van der Waals surface area contributed by atoms with Crippen molar-refractivity contribution in [3.05, 3.63) is 45.0 Å². The lowest BCUT2D eigenvalue weighted by Crippen LogP contribution is -2.23. The molecule has 0 saturated heterocycles. The molecule has 33 heavy (non-hydrogen) atoms. The van der Waals surface area contributed by atoms with E-state index in [1.54, 1.807) is 29.9 Å². The van der Waals surface area contributed by atoms with Gasteiger partial charge < -0.3 is 24.1 Å². The molecule has 0 saturated carbocycles. The number of carbonyl (C=O) groups excluding carboxylic acids is 1. The first-order chi connectivity index (χ1) is 15.8. The van der Waals surface area contributed by atoms with Crippen molar-refractivity contribution in [3.63, 3.8) is 0 Å². The van der Waals surface area contributed by atoms with E-state index in [2.05, 4.69) is 15.3 Å². The van der Waals surface area contributed by atoms with Crippen molar-refractivity contribution < 1.29 is 18.7 Å². The van der Waals surface area contributed by atoms with Crippen LogP contribution in [0.1, 0.15) is 21.1 Å². The molecule has 0 aliphatic heterocycles. The van der Waals surface area contributed by atoms with Crippen LogP contribution < -0.4 is 15.8 Å².